The van der Waals surface area contributed by atoms with Gasteiger partial charge in [-0.15, -0.1) is 0 Å². The van der Waals surface area contributed by atoms with E-state index in [4.69, 9.17) is 4.99 Å². The second-order valence-corrected chi connectivity index (χ2v) is 9.24. The number of nitrogens with one attached hydrogen (secondary N) is 2. The van der Waals surface area contributed by atoms with Gasteiger partial charge in [0.05, 0.1) is 0 Å². The third-order valence-electron chi connectivity index (χ3n) is 6.95. The van der Waals surface area contributed by atoms with E-state index in [0.717, 1.165) is 70.4 Å². The van der Waals surface area contributed by atoms with Crippen molar-refractivity contribution in [2.75, 3.05) is 39.3 Å². The van der Waals surface area contributed by atoms with E-state index in [0.29, 0.717) is 11.9 Å². The van der Waals surface area contributed by atoms with Crippen molar-refractivity contribution in [2.45, 2.75) is 90.1 Å². The summed E-state index contributed by atoms with van der Waals surface area (Å²) in [6.07, 6.45) is 12.1. The largest absolute Gasteiger partial charge is 0.357 e. The molecule has 0 radical (unpaired) electrons. The minimum atomic E-state index is 0.279. The lowest BCUT2D eigenvalue weighted by molar-refractivity contribution is -0.135. The number of hydrogen-bond donors (Lipinski definition) is 2. The molecular weight excluding hydrogens is 362 g/mol. The van der Waals surface area contributed by atoms with Crippen molar-refractivity contribution in [3.05, 3.63) is 0 Å². The Labute approximate surface area is 177 Å². The molecule has 0 aromatic carbocycles. The van der Waals surface area contributed by atoms with Crippen molar-refractivity contribution in [2.24, 2.45) is 10.9 Å². The van der Waals surface area contributed by atoms with Crippen molar-refractivity contribution in [1.29, 1.82) is 0 Å². The Bertz CT molecular complexity index is 531. The zero-order chi connectivity index (χ0) is 20.5. The Morgan fingerprint density at radius 2 is 1.83 bits per heavy atom. The van der Waals surface area contributed by atoms with Gasteiger partial charge in [0, 0.05) is 50.7 Å². The van der Waals surface area contributed by atoms with Crippen LogP contribution in [0.3, 0.4) is 0 Å². The van der Waals surface area contributed by atoms with Gasteiger partial charge in [-0.05, 0) is 58.9 Å². The van der Waals surface area contributed by atoms with Gasteiger partial charge in [-0.3, -0.25) is 9.79 Å². The van der Waals surface area contributed by atoms with Gasteiger partial charge in [-0.25, -0.2) is 0 Å². The predicted molar refractivity (Wildman–Crippen MR) is 120 cm³/mol. The van der Waals surface area contributed by atoms with E-state index in [9.17, 15) is 4.79 Å². The van der Waals surface area contributed by atoms with Crippen LogP contribution >= 0.6 is 0 Å². The van der Waals surface area contributed by atoms with Crippen LogP contribution in [0.25, 0.3) is 0 Å². The number of nitrogens with zero attached hydrogens (tertiary/aromatic N) is 3. The minimum absolute atomic E-state index is 0.279. The molecule has 2 saturated heterocycles. The summed E-state index contributed by atoms with van der Waals surface area (Å²) in [5, 5.41) is 6.97. The lowest BCUT2D eigenvalue weighted by Crippen LogP contribution is -2.45. The van der Waals surface area contributed by atoms with Gasteiger partial charge in [0.2, 0.25) is 5.91 Å². The molecule has 0 aromatic heterocycles. The first-order valence-electron chi connectivity index (χ1n) is 12.2. The lowest BCUT2D eigenvalue weighted by atomic mass is 9.88. The highest BCUT2D eigenvalue weighted by Gasteiger charge is 2.31. The first-order chi connectivity index (χ1) is 14.2. The molecule has 2 atom stereocenters. The van der Waals surface area contributed by atoms with E-state index < -0.39 is 0 Å². The van der Waals surface area contributed by atoms with Crippen molar-refractivity contribution < 1.29 is 4.79 Å². The third-order valence-corrected chi connectivity index (χ3v) is 6.95. The van der Waals surface area contributed by atoms with E-state index in [1.54, 1.807) is 0 Å². The molecule has 6 heteroatoms. The molecule has 0 aromatic rings. The molecule has 2 aliphatic heterocycles. The maximum atomic E-state index is 12.8. The van der Waals surface area contributed by atoms with Gasteiger partial charge in [0.25, 0.3) is 0 Å². The normalized spacial score (nSPS) is 27.2. The fourth-order valence-electron chi connectivity index (χ4n) is 5.15. The molecule has 166 valence electrons. The maximum absolute atomic E-state index is 12.8. The quantitative estimate of drug-likeness (QED) is 0.388. The summed E-state index contributed by atoms with van der Waals surface area (Å²) in [4.78, 5) is 22.3. The van der Waals surface area contributed by atoms with Crippen LogP contribution in [-0.2, 0) is 4.79 Å². The summed E-state index contributed by atoms with van der Waals surface area (Å²) in [5.41, 5.74) is 0. The molecule has 2 N–H and O–H groups in total. The van der Waals surface area contributed by atoms with E-state index in [-0.39, 0.29) is 5.92 Å². The summed E-state index contributed by atoms with van der Waals surface area (Å²) in [6, 6.07) is 1.05. The first kappa shape index (κ1) is 22.4. The van der Waals surface area contributed by atoms with Crippen LogP contribution in [0.4, 0.5) is 0 Å². The summed E-state index contributed by atoms with van der Waals surface area (Å²) in [7, 11) is 0. The van der Waals surface area contributed by atoms with Gasteiger partial charge in [-0.1, -0.05) is 25.7 Å². The number of amides is 1. The molecule has 6 nitrogen and oxygen atoms in total. The Morgan fingerprint density at radius 3 is 2.59 bits per heavy atom. The maximum Gasteiger partial charge on any atom is 0.225 e. The number of likely N-dealkylation sites (tertiary alicyclic amines) is 2. The molecule has 0 bridgehead atoms. The Balaban J connectivity index is 1.41. The average Bonchev–Trinajstić information content (AvgIpc) is 3.21. The number of piperidine rings is 1. The van der Waals surface area contributed by atoms with Crippen molar-refractivity contribution in [3.63, 3.8) is 0 Å². The molecule has 3 aliphatic rings. The van der Waals surface area contributed by atoms with Crippen LogP contribution in [0.5, 0.6) is 0 Å². The van der Waals surface area contributed by atoms with Crippen molar-refractivity contribution in [1.82, 2.24) is 20.4 Å². The first-order valence-corrected chi connectivity index (χ1v) is 12.2. The standard InChI is InChI=1S/C23H43N5O/c1-3-24-23(25-14-9-16-27-15-8-7-10-19(27)2)26-21-13-17-28(18-21)22(29)20-11-5-4-6-12-20/h19-21H,3-18H2,1-2H3,(H2,24,25,26). The van der Waals surface area contributed by atoms with Crippen LogP contribution < -0.4 is 10.6 Å². The molecule has 1 amide bonds. The van der Waals surface area contributed by atoms with Crippen LogP contribution in [0, 0.1) is 5.92 Å². The Kier molecular flexibility index (Phi) is 9.09. The number of hydrogen-bond acceptors (Lipinski definition) is 3. The molecule has 3 rings (SSSR count). The summed E-state index contributed by atoms with van der Waals surface area (Å²) in [6.45, 7) is 10.3. The fourth-order valence-corrected chi connectivity index (χ4v) is 5.15. The van der Waals surface area contributed by atoms with Gasteiger partial charge in [0.15, 0.2) is 5.96 Å². The smallest absolute Gasteiger partial charge is 0.225 e. The molecule has 0 spiro atoms. The number of aliphatic imine (C=N–C) groups is 1. The molecule has 3 fully saturated rings. The van der Waals surface area contributed by atoms with Crippen LogP contribution in [0.2, 0.25) is 0 Å². The summed E-state index contributed by atoms with van der Waals surface area (Å²) < 4.78 is 0. The number of rotatable bonds is 7. The minimum Gasteiger partial charge on any atom is -0.357 e. The molecular formula is C23H43N5O. The summed E-state index contributed by atoms with van der Waals surface area (Å²) in [5.74, 6) is 1.59. The monoisotopic (exact) mass is 405 g/mol. The predicted octanol–water partition coefficient (Wildman–Crippen LogP) is 2.99. The van der Waals surface area contributed by atoms with Gasteiger partial charge < -0.3 is 20.4 Å². The van der Waals surface area contributed by atoms with E-state index in [2.05, 4.69) is 34.3 Å². The zero-order valence-corrected chi connectivity index (χ0v) is 18.8. The third kappa shape index (κ3) is 6.87. The highest BCUT2D eigenvalue weighted by Crippen LogP contribution is 2.26. The number of carbonyl (C=O) groups excluding carboxylic acids is 1. The van der Waals surface area contributed by atoms with E-state index in [1.165, 1.54) is 45.1 Å². The highest BCUT2D eigenvalue weighted by atomic mass is 16.2. The van der Waals surface area contributed by atoms with Crippen molar-refractivity contribution in [3.8, 4) is 0 Å². The summed E-state index contributed by atoms with van der Waals surface area (Å²) >= 11 is 0. The van der Waals surface area contributed by atoms with Crippen LogP contribution in [0.15, 0.2) is 4.99 Å². The number of guanidine groups is 1. The van der Waals surface area contributed by atoms with Gasteiger partial charge in [0.1, 0.15) is 0 Å². The van der Waals surface area contributed by atoms with Gasteiger partial charge in [-0.2, -0.15) is 0 Å². The van der Waals surface area contributed by atoms with Crippen LogP contribution in [-0.4, -0.2) is 73.0 Å². The second-order valence-electron chi connectivity index (χ2n) is 9.24. The fraction of sp³-hybridized carbons (Fsp3) is 0.913. The number of carbonyl (C=O) groups is 1. The van der Waals surface area contributed by atoms with E-state index in [1.807, 2.05) is 0 Å². The van der Waals surface area contributed by atoms with Crippen molar-refractivity contribution >= 4 is 11.9 Å². The van der Waals surface area contributed by atoms with E-state index >= 15 is 0 Å². The lowest BCUT2D eigenvalue weighted by Gasteiger charge is -2.33. The molecule has 1 saturated carbocycles. The zero-order valence-electron chi connectivity index (χ0n) is 18.8. The SMILES string of the molecule is CCNC(=NCCCN1CCCCC1C)NC1CCN(C(=O)C2CCCCC2)C1. The molecule has 1 aliphatic carbocycles. The molecule has 2 heterocycles. The molecule has 2 unspecified atom stereocenters. The highest BCUT2D eigenvalue weighted by molar-refractivity contribution is 5.81. The average molecular weight is 406 g/mol. The van der Waals surface area contributed by atoms with Crippen LogP contribution in [0.1, 0.15) is 78.1 Å². The second kappa shape index (κ2) is 11.8. The Hall–Kier alpha value is -1.30. The van der Waals surface area contributed by atoms with Gasteiger partial charge >= 0.3 is 0 Å². The molecule has 29 heavy (non-hydrogen) atoms. The Morgan fingerprint density at radius 1 is 1.03 bits per heavy atom. The topological polar surface area (TPSA) is 60.0 Å².